The van der Waals surface area contributed by atoms with Crippen molar-refractivity contribution in [3.63, 3.8) is 0 Å². The summed E-state index contributed by atoms with van der Waals surface area (Å²) in [6.45, 7) is 4.63. The van der Waals surface area contributed by atoms with Gasteiger partial charge < -0.3 is 0 Å². The largest absolute Gasteiger partial charge is 0.300 e. The van der Waals surface area contributed by atoms with Crippen LogP contribution in [-0.2, 0) is 5.41 Å². The standard InChI is InChI=1S/C24H20N2/c1-24(2)21-11-7-6-10-19(21)20-13-12-18(16-22(20)24)26-15-14-25-23(26)17-8-4-3-5-9-17/h3-16H,1-2H3. The normalized spacial score (nSPS) is 14.1. The van der Waals surface area contributed by atoms with Crippen LogP contribution in [0, 0.1) is 0 Å². The second kappa shape index (κ2) is 5.43. The lowest BCUT2D eigenvalue weighted by atomic mass is 9.82. The number of hydrogen-bond acceptors (Lipinski definition) is 1. The van der Waals surface area contributed by atoms with E-state index >= 15 is 0 Å². The summed E-state index contributed by atoms with van der Waals surface area (Å²) >= 11 is 0. The molecule has 26 heavy (non-hydrogen) atoms. The van der Waals surface area contributed by atoms with Gasteiger partial charge in [0.1, 0.15) is 5.82 Å². The number of hydrogen-bond donors (Lipinski definition) is 0. The molecule has 0 N–H and O–H groups in total. The Morgan fingerprint density at radius 2 is 1.50 bits per heavy atom. The van der Waals surface area contributed by atoms with Crippen molar-refractivity contribution in [3.8, 4) is 28.2 Å². The molecular weight excluding hydrogens is 316 g/mol. The number of imidazole rings is 1. The first-order valence-electron chi connectivity index (χ1n) is 9.00. The van der Waals surface area contributed by atoms with Gasteiger partial charge in [-0.05, 0) is 34.4 Å². The van der Waals surface area contributed by atoms with E-state index in [2.05, 4.69) is 90.1 Å². The van der Waals surface area contributed by atoms with Crippen LogP contribution in [0.2, 0.25) is 0 Å². The molecule has 0 unspecified atom stereocenters. The van der Waals surface area contributed by atoms with Gasteiger partial charge in [0.05, 0.1) is 0 Å². The van der Waals surface area contributed by atoms with Crippen molar-refractivity contribution in [2.24, 2.45) is 0 Å². The van der Waals surface area contributed by atoms with Crippen molar-refractivity contribution in [3.05, 3.63) is 96.3 Å². The van der Waals surface area contributed by atoms with Crippen molar-refractivity contribution in [1.29, 1.82) is 0 Å². The summed E-state index contributed by atoms with van der Waals surface area (Å²) in [5.41, 5.74) is 7.77. The SMILES string of the molecule is CC1(C)c2ccccc2-c2ccc(-n3ccnc3-c3ccccc3)cc21. The maximum Gasteiger partial charge on any atom is 0.144 e. The molecule has 0 radical (unpaired) electrons. The van der Waals surface area contributed by atoms with E-state index < -0.39 is 0 Å². The highest BCUT2D eigenvalue weighted by molar-refractivity contribution is 5.81. The third-order valence-electron chi connectivity index (χ3n) is 5.52. The summed E-state index contributed by atoms with van der Waals surface area (Å²) in [7, 11) is 0. The van der Waals surface area contributed by atoms with Gasteiger partial charge in [0, 0.05) is 29.1 Å². The fourth-order valence-corrected chi connectivity index (χ4v) is 4.15. The van der Waals surface area contributed by atoms with Crippen LogP contribution >= 0.6 is 0 Å². The zero-order valence-corrected chi connectivity index (χ0v) is 15.0. The molecule has 0 spiro atoms. The predicted octanol–water partition coefficient (Wildman–Crippen LogP) is 5.85. The molecule has 1 aliphatic rings. The van der Waals surface area contributed by atoms with Crippen LogP contribution in [-0.4, -0.2) is 9.55 Å². The first kappa shape index (κ1) is 15.2. The van der Waals surface area contributed by atoms with Crippen molar-refractivity contribution in [1.82, 2.24) is 9.55 Å². The fourth-order valence-electron chi connectivity index (χ4n) is 4.15. The molecule has 0 amide bonds. The maximum atomic E-state index is 4.60. The molecule has 0 bridgehead atoms. The number of nitrogens with zero attached hydrogens (tertiary/aromatic N) is 2. The van der Waals surface area contributed by atoms with Crippen LogP contribution in [0.3, 0.4) is 0 Å². The molecule has 5 rings (SSSR count). The van der Waals surface area contributed by atoms with Gasteiger partial charge in [-0.3, -0.25) is 4.57 Å². The molecule has 126 valence electrons. The van der Waals surface area contributed by atoms with Crippen LogP contribution in [0.15, 0.2) is 85.2 Å². The lowest BCUT2D eigenvalue weighted by Crippen LogP contribution is -2.15. The third kappa shape index (κ3) is 2.08. The molecule has 0 saturated heterocycles. The van der Waals surface area contributed by atoms with E-state index in [0.717, 1.165) is 17.1 Å². The van der Waals surface area contributed by atoms with Crippen LogP contribution in [0.5, 0.6) is 0 Å². The maximum absolute atomic E-state index is 4.60. The topological polar surface area (TPSA) is 17.8 Å². The van der Waals surface area contributed by atoms with Gasteiger partial charge in [-0.1, -0.05) is 74.5 Å². The Morgan fingerprint density at radius 3 is 2.35 bits per heavy atom. The van der Waals surface area contributed by atoms with Gasteiger partial charge in [0.2, 0.25) is 0 Å². The van der Waals surface area contributed by atoms with Gasteiger partial charge in [0.25, 0.3) is 0 Å². The quantitative estimate of drug-likeness (QED) is 0.449. The monoisotopic (exact) mass is 336 g/mol. The molecular formula is C24H20N2. The Labute approximate surface area is 153 Å². The van der Waals surface area contributed by atoms with Gasteiger partial charge in [-0.25, -0.2) is 4.98 Å². The Balaban J connectivity index is 1.68. The molecule has 3 aromatic carbocycles. The average molecular weight is 336 g/mol. The predicted molar refractivity (Wildman–Crippen MR) is 107 cm³/mol. The molecule has 0 atom stereocenters. The second-order valence-corrected chi connectivity index (χ2v) is 7.39. The summed E-state index contributed by atoms with van der Waals surface area (Å²) in [4.78, 5) is 4.60. The van der Waals surface area contributed by atoms with E-state index in [9.17, 15) is 0 Å². The van der Waals surface area contributed by atoms with Gasteiger partial charge >= 0.3 is 0 Å². The lowest BCUT2D eigenvalue weighted by Gasteiger charge is -2.22. The minimum Gasteiger partial charge on any atom is -0.300 e. The molecule has 4 aromatic rings. The van der Waals surface area contributed by atoms with Crippen molar-refractivity contribution < 1.29 is 0 Å². The third-order valence-corrected chi connectivity index (χ3v) is 5.52. The summed E-state index contributed by atoms with van der Waals surface area (Å²) in [6, 6.07) is 25.9. The molecule has 2 heteroatoms. The second-order valence-electron chi connectivity index (χ2n) is 7.39. The van der Waals surface area contributed by atoms with E-state index in [1.807, 2.05) is 18.5 Å². The van der Waals surface area contributed by atoms with Crippen LogP contribution in [0.1, 0.15) is 25.0 Å². The number of aromatic nitrogens is 2. The first-order valence-corrected chi connectivity index (χ1v) is 9.00. The van der Waals surface area contributed by atoms with E-state index in [1.165, 1.54) is 22.3 Å². The molecule has 0 fully saturated rings. The molecule has 0 aliphatic heterocycles. The van der Waals surface area contributed by atoms with E-state index in [0.29, 0.717) is 0 Å². The number of benzene rings is 3. The number of rotatable bonds is 2. The van der Waals surface area contributed by atoms with Crippen LogP contribution in [0.4, 0.5) is 0 Å². The van der Waals surface area contributed by atoms with Gasteiger partial charge in [-0.2, -0.15) is 0 Å². The summed E-state index contributed by atoms with van der Waals surface area (Å²) in [6.07, 6.45) is 3.91. The lowest BCUT2D eigenvalue weighted by molar-refractivity contribution is 0.659. The zero-order valence-electron chi connectivity index (χ0n) is 15.0. The number of fused-ring (bicyclic) bond motifs is 3. The molecule has 1 aromatic heterocycles. The first-order chi connectivity index (χ1) is 12.7. The molecule has 0 saturated carbocycles. The average Bonchev–Trinajstić information content (AvgIpc) is 3.25. The van der Waals surface area contributed by atoms with E-state index in [1.54, 1.807) is 0 Å². The van der Waals surface area contributed by atoms with Crippen molar-refractivity contribution in [2.45, 2.75) is 19.3 Å². The van der Waals surface area contributed by atoms with Gasteiger partial charge in [-0.15, -0.1) is 0 Å². The summed E-state index contributed by atoms with van der Waals surface area (Å²) in [5, 5.41) is 0. The molecule has 1 aliphatic carbocycles. The Morgan fingerprint density at radius 1 is 0.769 bits per heavy atom. The summed E-state index contributed by atoms with van der Waals surface area (Å²) in [5.74, 6) is 0.971. The molecule has 1 heterocycles. The Bertz CT molecular complexity index is 1100. The van der Waals surface area contributed by atoms with Crippen LogP contribution < -0.4 is 0 Å². The Kier molecular flexibility index (Phi) is 3.17. The van der Waals surface area contributed by atoms with Crippen LogP contribution in [0.25, 0.3) is 28.2 Å². The fraction of sp³-hybridized carbons (Fsp3) is 0.125. The highest BCUT2D eigenvalue weighted by atomic mass is 15.1. The minimum absolute atomic E-state index is 0.00935. The highest BCUT2D eigenvalue weighted by Crippen LogP contribution is 2.49. The van der Waals surface area contributed by atoms with Crippen molar-refractivity contribution >= 4 is 0 Å². The smallest absolute Gasteiger partial charge is 0.144 e. The summed E-state index contributed by atoms with van der Waals surface area (Å²) < 4.78 is 2.18. The molecule has 2 nitrogen and oxygen atoms in total. The minimum atomic E-state index is 0.00935. The van der Waals surface area contributed by atoms with Gasteiger partial charge in [0.15, 0.2) is 0 Å². The van der Waals surface area contributed by atoms with E-state index in [-0.39, 0.29) is 5.41 Å². The highest BCUT2D eigenvalue weighted by Gasteiger charge is 2.35. The zero-order chi connectivity index (χ0) is 17.7. The van der Waals surface area contributed by atoms with Crippen molar-refractivity contribution in [2.75, 3.05) is 0 Å². The van der Waals surface area contributed by atoms with E-state index in [4.69, 9.17) is 0 Å². The Hall–Kier alpha value is -3.13.